The first kappa shape index (κ1) is 20.1. The predicted octanol–water partition coefficient (Wildman–Crippen LogP) is 2.21. The largest absolute Gasteiger partial charge is 0.456 e. The summed E-state index contributed by atoms with van der Waals surface area (Å²) >= 11 is 0. The Morgan fingerprint density at radius 2 is 1.70 bits per heavy atom. The van der Waals surface area contributed by atoms with E-state index in [1.54, 1.807) is 24.3 Å². The number of nitrogens with zero attached hydrogens (tertiary/aromatic N) is 1. The zero-order chi connectivity index (χ0) is 19.9. The molecule has 0 spiro atoms. The van der Waals surface area contributed by atoms with Crippen LogP contribution in [0.2, 0.25) is 0 Å². The first-order valence-corrected chi connectivity index (χ1v) is 9.70. The topological polar surface area (TPSA) is 113 Å². The quantitative estimate of drug-likeness (QED) is 0.730. The summed E-state index contributed by atoms with van der Waals surface area (Å²) < 4.78 is 29.1. The van der Waals surface area contributed by atoms with Gasteiger partial charge in [-0.3, -0.25) is 9.59 Å². The molecule has 2 rings (SSSR count). The highest BCUT2D eigenvalue weighted by molar-refractivity contribution is 7.91. The first-order valence-electron chi connectivity index (χ1n) is 8.05. The highest BCUT2D eigenvalue weighted by atomic mass is 32.2. The molecule has 0 aliphatic heterocycles. The van der Waals surface area contributed by atoms with E-state index in [0.717, 1.165) is 5.56 Å². The van der Waals surface area contributed by atoms with Crippen LogP contribution in [-0.2, 0) is 24.2 Å². The molecule has 27 heavy (non-hydrogen) atoms. The summed E-state index contributed by atoms with van der Waals surface area (Å²) in [6.07, 6.45) is -0.347. The van der Waals surface area contributed by atoms with Crippen molar-refractivity contribution in [3.63, 3.8) is 0 Å². The maximum Gasteiger partial charge on any atom is 0.307 e. The number of aryl methyl sites for hydroxylation is 1. The van der Waals surface area contributed by atoms with Gasteiger partial charge in [-0.15, -0.1) is 0 Å². The maximum absolute atomic E-state index is 12.2. The van der Waals surface area contributed by atoms with Crippen molar-refractivity contribution in [3.8, 4) is 6.07 Å². The van der Waals surface area contributed by atoms with Gasteiger partial charge in [0.05, 0.1) is 28.7 Å². The molecule has 8 heteroatoms. The second kappa shape index (κ2) is 8.96. The van der Waals surface area contributed by atoms with Gasteiger partial charge in [-0.25, -0.2) is 8.42 Å². The van der Waals surface area contributed by atoms with E-state index in [0.29, 0.717) is 11.3 Å². The van der Waals surface area contributed by atoms with Gasteiger partial charge >= 0.3 is 5.97 Å². The van der Waals surface area contributed by atoms with E-state index in [1.165, 1.54) is 24.3 Å². The summed E-state index contributed by atoms with van der Waals surface area (Å²) in [4.78, 5) is 23.6. The van der Waals surface area contributed by atoms with Crippen LogP contribution in [0.5, 0.6) is 0 Å². The van der Waals surface area contributed by atoms with Gasteiger partial charge in [0, 0.05) is 5.69 Å². The molecular weight excluding hydrogens is 368 g/mol. The number of amides is 1. The number of ether oxygens (including phenoxy) is 1. The molecule has 0 heterocycles. The van der Waals surface area contributed by atoms with Crippen molar-refractivity contribution in [2.75, 3.05) is 17.7 Å². The second-order valence-corrected chi connectivity index (χ2v) is 7.89. The summed E-state index contributed by atoms with van der Waals surface area (Å²) in [5.41, 5.74) is 1.84. The summed E-state index contributed by atoms with van der Waals surface area (Å²) in [5, 5.41) is 11.2. The fourth-order valence-corrected chi connectivity index (χ4v) is 3.35. The molecule has 7 nitrogen and oxygen atoms in total. The lowest BCUT2D eigenvalue weighted by atomic mass is 10.2. The zero-order valence-electron chi connectivity index (χ0n) is 14.6. The molecule has 1 N–H and O–H groups in total. The van der Waals surface area contributed by atoms with Crippen LogP contribution in [0.4, 0.5) is 5.69 Å². The van der Waals surface area contributed by atoms with Crippen LogP contribution < -0.4 is 5.32 Å². The Balaban J connectivity index is 1.79. The molecule has 0 aliphatic carbocycles. The van der Waals surface area contributed by atoms with Crippen LogP contribution in [0.25, 0.3) is 0 Å². The number of nitriles is 1. The van der Waals surface area contributed by atoms with Gasteiger partial charge in [-0.2, -0.15) is 5.26 Å². The summed E-state index contributed by atoms with van der Waals surface area (Å²) in [6.45, 7) is 1.32. The van der Waals surface area contributed by atoms with Crippen molar-refractivity contribution >= 4 is 27.4 Å². The van der Waals surface area contributed by atoms with Crippen LogP contribution in [0, 0.1) is 18.3 Å². The molecule has 0 bridgehead atoms. The number of hydrogen-bond donors (Lipinski definition) is 1. The molecule has 0 aliphatic rings. The van der Waals surface area contributed by atoms with Crippen molar-refractivity contribution in [2.45, 2.75) is 18.2 Å². The Kier molecular flexibility index (Phi) is 6.68. The van der Waals surface area contributed by atoms with E-state index in [2.05, 4.69) is 5.32 Å². The number of rotatable bonds is 7. The molecule has 0 fully saturated rings. The molecule has 0 atom stereocenters. The first-order chi connectivity index (χ1) is 12.8. The van der Waals surface area contributed by atoms with E-state index >= 15 is 0 Å². The molecule has 1 amide bonds. The lowest BCUT2D eigenvalue weighted by Gasteiger charge is -2.07. The zero-order valence-corrected chi connectivity index (χ0v) is 15.5. The van der Waals surface area contributed by atoms with E-state index in [4.69, 9.17) is 10.00 Å². The van der Waals surface area contributed by atoms with Crippen LogP contribution in [0.3, 0.4) is 0 Å². The number of carbonyl (C=O) groups excluding carboxylic acids is 2. The monoisotopic (exact) mass is 386 g/mol. The summed E-state index contributed by atoms with van der Waals surface area (Å²) in [7, 11) is -3.59. The Bertz CT molecular complexity index is 959. The van der Waals surface area contributed by atoms with Crippen LogP contribution in [0.15, 0.2) is 53.4 Å². The minimum atomic E-state index is -3.59. The van der Waals surface area contributed by atoms with E-state index in [-0.39, 0.29) is 11.3 Å². The maximum atomic E-state index is 12.2. The summed E-state index contributed by atoms with van der Waals surface area (Å²) in [5.74, 6) is -1.73. The molecule has 0 saturated heterocycles. The molecular formula is C19H18N2O5S. The van der Waals surface area contributed by atoms with Crippen LogP contribution >= 0.6 is 0 Å². The Morgan fingerprint density at radius 3 is 2.30 bits per heavy atom. The third-order valence-electron chi connectivity index (χ3n) is 3.62. The van der Waals surface area contributed by atoms with Crippen molar-refractivity contribution in [3.05, 3.63) is 59.7 Å². The van der Waals surface area contributed by atoms with Crippen molar-refractivity contribution in [1.29, 1.82) is 5.26 Å². The van der Waals surface area contributed by atoms with Crippen molar-refractivity contribution in [1.82, 2.24) is 0 Å². The Labute approximate surface area is 157 Å². The number of anilines is 1. The fourth-order valence-electron chi connectivity index (χ4n) is 2.12. The Hall–Kier alpha value is -3.18. The number of carbonyl (C=O) groups is 2. The third kappa shape index (κ3) is 6.24. The number of hydrogen-bond acceptors (Lipinski definition) is 6. The lowest BCUT2D eigenvalue weighted by molar-refractivity contribution is -0.146. The third-order valence-corrected chi connectivity index (χ3v) is 5.35. The number of nitrogens with one attached hydrogen (secondary N) is 1. The minimum absolute atomic E-state index is 0.138. The summed E-state index contributed by atoms with van der Waals surface area (Å²) in [6, 6.07) is 14.5. The van der Waals surface area contributed by atoms with Gasteiger partial charge in [0.25, 0.3) is 5.91 Å². The number of sulfone groups is 1. The highest BCUT2D eigenvalue weighted by Crippen LogP contribution is 2.13. The smallest absolute Gasteiger partial charge is 0.307 e. The van der Waals surface area contributed by atoms with Crippen molar-refractivity contribution < 1.29 is 22.7 Å². The SMILES string of the molecule is Cc1ccc(S(=O)(=O)CCC(=O)OCC(=O)Nc2ccc(C#N)cc2)cc1. The molecule has 2 aromatic rings. The molecule has 0 saturated carbocycles. The van der Waals surface area contributed by atoms with Crippen LogP contribution in [0.1, 0.15) is 17.5 Å². The molecule has 2 aromatic carbocycles. The number of benzene rings is 2. The van der Waals surface area contributed by atoms with Crippen molar-refractivity contribution in [2.24, 2.45) is 0 Å². The van der Waals surface area contributed by atoms with E-state index in [1.807, 2.05) is 13.0 Å². The molecule has 140 valence electrons. The van der Waals surface area contributed by atoms with Gasteiger partial charge in [-0.1, -0.05) is 17.7 Å². The fraction of sp³-hybridized carbons (Fsp3) is 0.211. The van der Waals surface area contributed by atoms with Gasteiger partial charge in [0.15, 0.2) is 16.4 Å². The lowest BCUT2D eigenvalue weighted by Crippen LogP contribution is -2.22. The van der Waals surface area contributed by atoms with E-state index in [9.17, 15) is 18.0 Å². The number of esters is 1. The minimum Gasteiger partial charge on any atom is -0.456 e. The van der Waals surface area contributed by atoms with Gasteiger partial charge in [-0.05, 0) is 43.3 Å². The van der Waals surface area contributed by atoms with Gasteiger partial charge < -0.3 is 10.1 Å². The van der Waals surface area contributed by atoms with E-state index < -0.39 is 34.1 Å². The normalized spacial score (nSPS) is 10.7. The van der Waals surface area contributed by atoms with Gasteiger partial charge in [0.2, 0.25) is 0 Å². The van der Waals surface area contributed by atoms with Crippen LogP contribution in [-0.4, -0.2) is 32.7 Å². The van der Waals surface area contributed by atoms with Gasteiger partial charge in [0.1, 0.15) is 0 Å². The second-order valence-electron chi connectivity index (χ2n) is 5.78. The average molecular weight is 386 g/mol. The molecule has 0 unspecified atom stereocenters. The predicted molar refractivity (Wildman–Crippen MR) is 98.6 cm³/mol. The Morgan fingerprint density at radius 1 is 1.07 bits per heavy atom. The average Bonchev–Trinajstić information content (AvgIpc) is 2.66. The molecule has 0 radical (unpaired) electrons. The highest BCUT2D eigenvalue weighted by Gasteiger charge is 2.17. The molecule has 0 aromatic heterocycles. The standard InChI is InChI=1S/C19H18N2O5S/c1-14-2-8-17(9-3-14)27(24,25)11-10-19(23)26-13-18(22)21-16-6-4-15(12-20)5-7-16/h2-9H,10-11,13H2,1H3,(H,21,22).